The first kappa shape index (κ1) is 28.6. The molecular weight excluding hydrogens is 574 g/mol. The Balaban J connectivity index is 1.11. The van der Waals surface area contributed by atoms with Crippen LogP contribution in [0, 0.1) is 5.82 Å². The minimum absolute atomic E-state index is 0.327. The van der Waals surface area contributed by atoms with Crippen LogP contribution < -0.4 is 15.5 Å². The summed E-state index contributed by atoms with van der Waals surface area (Å²) in [5.41, 5.74) is 3.29. The molecule has 0 saturated carbocycles. The fraction of sp³-hybridized carbons (Fsp3) is 0.323. The van der Waals surface area contributed by atoms with E-state index in [4.69, 9.17) is 23.2 Å². The van der Waals surface area contributed by atoms with Crippen molar-refractivity contribution in [3.05, 3.63) is 83.0 Å². The van der Waals surface area contributed by atoms with Gasteiger partial charge in [-0.3, -0.25) is 9.88 Å². The van der Waals surface area contributed by atoms with Crippen molar-refractivity contribution < 1.29 is 4.39 Å². The maximum Gasteiger partial charge on any atom is 0.135 e. The van der Waals surface area contributed by atoms with Gasteiger partial charge in [-0.25, -0.2) is 14.4 Å². The Hall–Kier alpha value is -3.50. The molecule has 4 heterocycles. The van der Waals surface area contributed by atoms with Gasteiger partial charge in [0, 0.05) is 68.8 Å². The molecule has 2 aliphatic rings. The second-order valence-electron chi connectivity index (χ2n) is 10.8. The summed E-state index contributed by atoms with van der Waals surface area (Å²) in [6.07, 6.45) is 5.32. The number of nitrogens with zero attached hydrogens (tertiary/aromatic N) is 6. The normalized spacial score (nSPS) is 16.9. The van der Waals surface area contributed by atoms with Crippen molar-refractivity contribution in [3.63, 3.8) is 0 Å². The van der Waals surface area contributed by atoms with E-state index in [-0.39, 0.29) is 5.82 Å². The van der Waals surface area contributed by atoms with Gasteiger partial charge in [-0.2, -0.15) is 0 Å². The lowest BCUT2D eigenvalue weighted by Gasteiger charge is -2.42. The van der Waals surface area contributed by atoms with Crippen molar-refractivity contribution in [2.24, 2.45) is 0 Å². The largest absolute Gasteiger partial charge is 0.370 e. The summed E-state index contributed by atoms with van der Waals surface area (Å²) in [6, 6.07) is 16.3. The van der Waals surface area contributed by atoms with Gasteiger partial charge >= 0.3 is 0 Å². The second kappa shape index (κ2) is 12.8. The van der Waals surface area contributed by atoms with E-state index in [1.165, 1.54) is 12.4 Å². The van der Waals surface area contributed by atoms with E-state index in [2.05, 4.69) is 47.3 Å². The standard InChI is InChI=1S/C31H33Cl2FN8/c1-40-12-14-41(15-13-40)22-7-10-42(11-8-22)29-18-24(32)28(17-25(29)33)39-31-19-30(36-20-37-31)38-21-6-9-35-27(16-21)23-4-2-3-5-26(23)34/h2-6,9,16-20,22H,7-8,10-15H2,1H3,(H2,35,36,37,38,39). The van der Waals surface area contributed by atoms with Gasteiger partial charge in [0.15, 0.2) is 0 Å². The van der Waals surface area contributed by atoms with Crippen LogP contribution in [0.5, 0.6) is 0 Å². The molecule has 218 valence electrons. The van der Waals surface area contributed by atoms with Gasteiger partial charge in [-0.05, 0) is 56.3 Å². The van der Waals surface area contributed by atoms with Crippen molar-refractivity contribution in [1.82, 2.24) is 24.8 Å². The Labute approximate surface area is 255 Å². The zero-order chi connectivity index (χ0) is 29.1. The van der Waals surface area contributed by atoms with E-state index >= 15 is 0 Å². The summed E-state index contributed by atoms with van der Waals surface area (Å²) in [4.78, 5) is 20.4. The molecule has 2 fully saturated rings. The number of piperidine rings is 1. The Morgan fingerprint density at radius 3 is 2.31 bits per heavy atom. The maximum atomic E-state index is 14.3. The highest BCUT2D eigenvalue weighted by Gasteiger charge is 2.27. The van der Waals surface area contributed by atoms with Crippen LogP contribution in [0.4, 0.5) is 33.1 Å². The van der Waals surface area contributed by atoms with E-state index in [1.807, 2.05) is 12.1 Å². The number of likely N-dealkylation sites (N-methyl/N-ethyl adjacent to an activating group) is 1. The number of hydrogen-bond donors (Lipinski definition) is 2. The van der Waals surface area contributed by atoms with E-state index in [0.717, 1.165) is 63.5 Å². The van der Waals surface area contributed by atoms with Crippen LogP contribution >= 0.6 is 23.2 Å². The smallest absolute Gasteiger partial charge is 0.135 e. The number of benzene rings is 2. The predicted molar refractivity (Wildman–Crippen MR) is 169 cm³/mol. The monoisotopic (exact) mass is 606 g/mol. The molecule has 6 rings (SSSR count). The first-order valence-electron chi connectivity index (χ1n) is 14.2. The average Bonchev–Trinajstić information content (AvgIpc) is 3.00. The lowest BCUT2D eigenvalue weighted by molar-refractivity contribution is 0.0982. The highest BCUT2D eigenvalue weighted by atomic mass is 35.5. The Bertz CT molecular complexity index is 1540. The van der Waals surface area contributed by atoms with Crippen LogP contribution in [0.1, 0.15) is 12.8 Å². The van der Waals surface area contributed by atoms with Crippen LogP contribution in [0.25, 0.3) is 11.3 Å². The van der Waals surface area contributed by atoms with E-state index in [1.54, 1.807) is 42.6 Å². The molecule has 2 aromatic carbocycles. The summed E-state index contributed by atoms with van der Waals surface area (Å²) < 4.78 is 14.3. The van der Waals surface area contributed by atoms with Crippen LogP contribution in [0.2, 0.25) is 10.0 Å². The quantitative estimate of drug-likeness (QED) is 0.241. The van der Waals surface area contributed by atoms with Gasteiger partial charge in [-0.1, -0.05) is 35.3 Å². The second-order valence-corrected chi connectivity index (χ2v) is 11.6. The summed E-state index contributed by atoms with van der Waals surface area (Å²) in [5, 5.41) is 7.72. The number of pyridine rings is 1. The predicted octanol–water partition coefficient (Wildman–Crippen LogP) is 6.69. The van der Waals surface area contributed by atoms with E-state index in [0.29, 0.717) is 44.7 Å². The summed E-state index contributed by atoms with van der Waals surface area (Å²) in [5.74, 6) is 0.780. The number of aromatic nitrogens is 3. The van der Waals surface area contributed by atoms with Crippen LogP contribution in [-0.2, 0) is 0 Å². The van der Waals surface area contributed by atoms with Crippen molar-refractivity contribution in [1.29, 1.82) is 0 Å². The first-order chi connectivity index (χ1) is 20.4. The molecule has 2 aliphatic heterocycles. The molecule has 0 aliphatic carbocycles. The molecule has 0 radical (unpaired) electrons. The number of halogens is 3. The molecule has 8 nitrogen and oxygen atoms in total. The highest BCUT2D eigenvalue weighted by Crippen LogP contribution is 2.37. The summed E-state index contributed by atoms with van der Waals surface area (Å²) in [6.45, 7) is 6.47. The Kier molecular flexibility index (Phi) is 8.71. The molecule has 0 spiro atoms. The third-order valence-electron chi connectivity index (χ3n) is 8.01. The molecule has 4 aromatic rings. The van der Waals surface area contributed by atoms with Crippen molar-refractivity contribution >= 4 is 51.9 Å². The van der Waals surface area contributed by atoms with Crippen molar-refractivity contribution in [2.75, 3.05) is 61.8 Å². The lowest BCUT2D eigenvalue weighted by Crippen LogP contribution is -2.52. The molecule has 2 saturated heterocycles. The van der Waals surface area contributed by atoms with Crippen LogP contribution in [0.15, 0.2) is 67.1 Å². The minimum Gasteiger partial charge on any atom is -0.370 e. The van der Waals surface area contributed by atoms with E-state index in [9.17, 15) is 4.39 Å². The highest BCUT2D eigenvalue weighted by molar-refractivity contribution is 6.37. The van der Waals surface area contributed by atoms with Crippen LogP contribution in [-0.4, -0.2) is 77.1 Å². The van der Waals surface area contributed by atoms with Crippen molar-refractivity contribution in [3.8, 4) is 11.3 Å². The number of nitrogens with one attached hydrogen (secondary N) is 2. The molecule has 0 amide bonds. The zero-order valence-corrected chi connectivity index (χ0v) is 24.9. The number of rotatable bonds is 7. The molecule has 42 heavy (non-hydrogen) atoms. The Morgan fingerprint density at radius 1 is 0.810 bits per heavy atom. The van der Waals surface area contributed by atoms with E-state index < -0.39 is 0 Å². The van der Waals surface area contributed by atoms with Crippen LogP contribution in [0.3, 0.4) is 0 Å². The van der Waals surface area contributed by atoms with Gasteiger partial charge in [-0.15, -0.1) is 0 Å². The molecule has 0 atom stereocenters. The molecular formula is C31H33Cl2FN8. The Morgan fingerprint density at radius 2 is 1.55 bits per heavy atom. The summed E-state index contributed by atoms with van der Waals surface area (Å²) in [7, 11) is 2.19. The van der Waals surface area contributed by atoms with Gasteiger partial charge in [0.1, 0.15) is 23.8 Å². The SMILES string of the molecule is CN1CCN(C2CCN(c3cc(Cl)c(Nc4cc(Nc5ccnc(-c6ccccc6F)c5)ncn4)cc3Cl)CC2)CC1. The number of piperazine rings is 1. The minimum atomic E-state index is -0.327. The topological polar surface area (TPSA) is 72.5 Å². The zero-order valence-electron chi connectivity index (χ0n) is 23.4. The van der Waals surface area contributed by atoms with Gasteiger partial charge in [0.25, 0.3) is 0 Å². The fourth-order valence-corrected chi connectivity index (χ4v) is 6.13. The molecule has 0 bridgehead atoms. The lowest BCUT2D eigenvalue weighted by atomic mass is 10.0. The maximum absolute atomic E-state index is 14.3. The van der Waals surface area contributed by atoms with Gasteiger partial charge in [0.05, 0.1) is 27.1 Å². The molecule has 11 heteroatoms. The first-order valence-corrected chi connectivity index (χ1v) is 14.9. The van der Waals surface area contributed by atoms with Crippen molar-refractivity contribution in [2.45, 2.75) is 18.9 Å². The van der Waals surface area contributed by atoms with Gasteiger partial charge in [0.2, 0.25) is 0 Å². The molecule has 2 N–H and O–H groups in total. The van der Waals surface area contributed by atoms with Gasteiger partial charge < -0.3 is 20.4 Å². The fourth-order valence-electron chi connectivity index (χ4n) is 5.64. The molecule has 0 unspecified atom stereocenters. The third-order valence-corrected chi connectivity index (χ3v) is 8.62. The molecule has 2 aromatic heterocycles. The third kappa shape index (κ3) is 6.60. The summed E-state index contributed by atoms with van der Waals surface area (Å²) >= 11 is 13.5. The number of anilines is 5. The number of hydrogen-bond acceptors (Lipinski definition) is 8. The average molecular weight is 608 g/mol.